The Morgan fingerprint density at radius 2 is 2.12 bits per heavy atom. The van der Waals surface area contributed by atoms with E-state index in [0.29, 0.717) is 11.5 Å². The molecule has 1 aromatic carbocycles. The Morgan fingerprint density at radius 3 is 2.84 bits per heavy atom. The summed E-state index contributed by atoms with van der Waals surface area (Å²) < 4.78 is 5.38. The Bertz CT molecular complexity index is 847. The van der Waals surface area contributed by atoms with Crippen molar-refractivity contribution in [2.45, 2.75) is 36.3 Å². The molecule has 2 aliphatic rings. The van der Waals surface area contributed by atoms with Crippen LogP contribution >= 0.6 is 11.8 Å². The minimum Gasteiger partial charge on any atom is -0.360 e. The summed E-state index contributed by atoms with van der Waals surface area (Å²) in [6, 6.07) is 7.95. The molecule has 1 heterocycles. The summed E-state index contributed by atoms with van der Waals surface area (Å²) in [5.74, 6) is 1.17. The van der Waals surface area contributed by atoms with E-state index < -0.39 is 0 Å². The molecule has 1 saturated carbocycles. The number of carbonyl (C=O) groups is 1. The van der Waals surface area contributed by atoms with E-state index in [-0.39, 0.29) is 10.5 Å². The zero-order valence-corrected chi connectivity index (χ0v) is 15.1. The third kappa shape index (κ3) is 3.23. The van der Waals surface area contributed by atoms with Crippen LogP contribution in [0.5, 0.6) is 0 Å². The predicted molar refractivity (Wildman–Crippen MR) is 101 cm³/mol. The maximum atomic E-state index is 13.2. The Labute approximate surface area is 152 Å². The Hall–Kier alpha value is -2.07. The largest absolute Gasteiger partial charge is 0.360 e. The molecule has 0 spiro atoms. The van der Waals surface area contributed by atoms with Gasteiger partial charge in [0.25, 0.3) is 0 Å². The van der Waals surface area contributed by atoms with Crippen molar-refractivity contribution in [3.05, 3.63) is 77.2 Å². The summed E-state index contributed by atoms with van der Waals surface area (Å²) in [6.45, 7) is 0. The molecule has 1 atom stereocenters. The highest BCUT2D eigenvalue weighted by atomic mass is 32.2. The summed E-state index contributed by atoms with van der Waals surface area (Å²) in [6.07, 6.45) is 16.4. The van der Waals surface area contributed by atoms with E-state index in [1.165, 1.54) is 0 Å². The van der Waals surface area contributed by atoms with Gasteiger partial charge < -0.3 is 4.52 Å². The monoisotopic (exact) mass is 351 g/mol. The van der Waals surface area contributed by atoms with Crippen molar-refractivity contribution >= 4 is 17.5 Å². The van der Waals surface area contributed by atoms with E-state index in [4.69, 9.17) is 4.52 Å². The van der Waals surface area contributed by atoms with Crippen molar-refractivity contribution in [3.63, 3.8) is 0 Å². The molecule has 0 radical (unpaired) electrons. The van der Waals surface area contributed by atoms with Crippen molar-refractivity contribution in [1.82, 2.24) is 5.16 Å². The topological polar surface area (TPSA) is 43.1 Å². The molecule has 0 saturated heterocycles. The number of hydrogen-bond acceptors (Lipinski definition) is 4. The molecule has 0 N–H and O–H groups in total. The zero-order valence-electron chi connectivity index (χ0n) is 14.3. The number of benzene rings is 1. The smallest absolute Gasteiger partial charge is 0.198 e. The normalized spacial score (nSPS) is 22.3. The van der Waals surface area contributed by atoms with Crippen molar-refractivity contribution in [1.29, 1.82) is 0 Å². The number of carbonyl (C=O) groups excluding carboxylic acids is 1. The second kappa shape index (κ2) is 6.68. The van der Waals surface area contributed by atoms with Crippen LogP contribution in [0.2, 0.25) is 0 Å². The number of nitrogens with zero attached hydrogens (tertiary/aromatic N) is 1. The minimum absolute atomic E-state index is 0.0130. The van der Waals surface area contributed by atoms with Crippen LogP contribution in [0.4, 0.5) is 0 Å². The highest BCUT2D eigenvalue weighted by molar-refractivity contribution is 8.00. The summed E-state index contributed by atoms with van der Waals surface area (Å²) in [4.78, 5) is 13.2. The first-order valence-corrected chi connectivity index (χ1v) is 9.91. The van der Waals surface area contributed by atoms with Gasteiger partial charge in [-0.05, 0) is 37.5 Å². The maximum Gasteiger partial charge on any atom is 0.198 e. The molecule has 4 heteroatoms. The Morgan fingerprint density at radius 1 is 1.28 bits per heavy atom. The van der Waals surface area contributed by atoms with E-state index in [0.717, 1.165) is 42.6 Å². The fourth-order valence-corrected chi connectivity index (χ4v) is 4.20. The molecule has 2 aliphatic carbocycles. The molecule has 4 rings (SSSR count). The minimum atomic E-state index is 0.0130. The quantitative estimate of drug-likeness (QED) is 0.691. The fraction of sp³-hybridized carbons (Fsp3) is 0.333. The molecule has 25 heavy (non-hydrogen) atoms. The van der Waals surface area contributed by atoms with E-state index in [9.17, 15) is 4.79 Å². The molecular weight excluding hydrogens is 330 g/mol. The third-order valence-electron chi connectivity index (χ3n) is 5.06. The van der Waals surface area contributed by atoms with Crippen LogP contribution in [0, 0.1) is 0 Å². The van der Waals surface area contributed by atoms with Crippen LogP contribution in [0.1, 0.15) is 52.4 Å². The summed E-state index contributed by atoms with van der Waals surface area (Å²) in [5.41, 5.74) is 2.49. The van der Waals surface area contributed by atoms with Gasteiger partial charge in [0, 0.05) is 16.2 Å². The van der Waals surface area contributed by atoms with E-state index >= 15 is 0 Å². The van der Waals surface area contributed by atoms with Gasteiger partial charge in [-0.1, -0.05) is 53.7 Å². The second-order valence-electron chi connectivity index (χ2n) is 6.80. The summed E-state index contributed by atoms with van der Waals surface area (Å²) >= 11 is 1.84. The number of allylic oxidation sites excluding steroid dienone is 3. The highest BCUT2D eigenvalue weighted by Crippen LogP contribution is 2.42. The molecule has 2 aromatic rings. The van der Waals surface area contributed by atoms with Gasteiger partial charge in [0.2, 0.25) is 0 Å². The predicted octanol–water partition coefficient (Wildman–Crippen LogP) is 4.94. The lowest BCUT2D eigenvalue weighted by molar-refractivity contribution is 0.103. The van der Waals surface area contributed by atoms with Crippen molar-refractivity contribution in [3.8, 4) is 0 Å². The van der Waals surface area contributed by atoms with E-state index in [1.807, 2.05) is 30.0 Å². The standard InChI is InChI=1S/C21H21NO2S/c1-25-21(11-5-2-6-12-21)13-16-7-3-4-8-17(16)19(23)18-14-22-24-20(18)15-9-10-15/h2-8,11,14-15H,9-10,12-13H2,1H3. The number of rotatable bonds is 6. The van der Waals surface area contributed by atoms with E-state index in [1.54, 1.807) is 6.20 Å². The maximum absolute atomic E-state index is 13.2. The van der Waals surface area contributed by atoms with Gasteiger partial charge in [0.05, 0.1) is 11.8 Å². The summed E-state index contributed by atoms with van der Waals surface area (Å²) in [7, 11) is 0. The first-order valence-electron chi connectivity index (χ1n) is 8.69. The molecule has 1 aromatic heterocycles. The van der Waals surface area contributed by atoms with Crippen LogP contribution < -0.4 is 0 Å². The number of thioether (sulfide) groups is 1. The van der Waals surface area contributed by atoms with E-state index in [2.05, 4.69) is 41.8 Å². The third-order valence-corrected chi connectivity index (χ3v) is 6.32. The van der Waals surface area contributed by atoms with Crippen molar-refractivity contribution < 1.29 is 9.32 Å². The highest BCUT2D eigenvalue weighted by Gasteiger charge is 2.34. The lowest BCUT2D eigenvalue weighted by Gasteiger charge is -2.30. The average molecular weight is 351 g/mol. The van der Waals surface area contributed by atoms with Gasteiger partial charge in [-0.15, -0.1) is 0 Å². The number of ketones is 1. The van der Waals surface area contributed by atoms with Crippen molar-refractivity contribution in [2.24, 2.45) is 0 Å². The molecule has 0 bridgehead atoms. The lowest BCUT2D eigenvalue weighted by atomic mass is 9.88. The van der Waals surface area contributed by atoms with Crippen LogP contribution in [0.25, 0.3) is 0 Å². The van der Waals surface area contributed by atoms with Gasteiger partial charge in [-0.3, -0.25) is 4.79 Å². The van der Waals surface area contributed by atoms with Gasteiger partial charge in [0.1, 0.15) is 0 Å². The molecule has 0 aliphatic heterocycles. The van der Waals surface area contributed by atoms with Gasteiger partial charge in [0.15, 0.2) is 11.5 Å². The molecule has 1 unspecified atom stereocenters. The van der Waals surface area contributed by atoms with Crippen LogP contribution in [-0.4, -0.2) is 21.9 Å². The summed E-state index contributed by atoms with van der Waals surface area (Å²) in [5, 5.41) is 3.88. The lowest BCUT2D eigenvalue weighted by Crippen LogP contribution is -2.26. The van der Waals surface area contributed by atoms with Gasteiger partial charge in [-0.25, -0.2) is 0 Å². The van der Waals surface area contributed by atoms with Crippen LogP contribution in [0.15, 0.2) is 59.3 Å². The first kappa shape index (κ1) is 16.4. The van der Waals surface area contributed by atoms with Crippen LogP contribution in [-0.2, 0) is 6.42 Å². The second-order valence-corrected chi connectivity index (χ2v) is 8.02. The van der Waals surface area contributed by atoms with Gasteiger partial charge in [-0.2, -0.15) is 11.8 Å². The fourth-order valence-electron chi connectivity index (χ4n) is 3.42. The number of aromatic nitrogens is 1. The molecule has 0 amide bonds. The molecule has 1 fully saturated rings. The molecular formula is C21H21NO2S. The Balaban J connectivity index is 1.67. The average Bonchev–Trinajstić information content (AvgIpc) is 3.39. The van der Waals surface area contributed by atoms with Crippen molar-refractivity contribution in [2.75, 3.05) is 6.26 Å². The molecule has 128 valence electrons. The number of hydrogen-bond donors (Lipinski definition) is 0. The first-order chi connectivity index (χ1) is 12.2. The Kier molecular flexibility index (Phi) is 4.38. The van der Waals surface area contributed by atoms with Crippen LogP contribution in [0.3, 0.4) is 0 Å². The SMILES string of the molecule is CSC1(Cc2ccccc2C(=O)c2cnoc2C2CC2)C=CC=CC1. The zero-order chi connectivity index (χ0) is 17.3. The molecule has 3 nitrogen and oxygen atoms in total. The van der Waals surface area contributed by atoms with Gasteiger partial charge >= 0.3 is 0 Å².